The quantitative estimate of drug-likeness (QED) is 0.855. The molecule has 1 heterocycles. The van der Waals surface area contributed by atoms with E-state index in [1.807, 2.05) is 12.1 Å². The number of rotatable bonds is 6. The van der Waals surface area contributed by atoms with Gasteiger partial charge in [-0.1, -0.05) is 12.1 Å². The summed E-state index contributed by atoms with van der Waals surface area (Å²) < 4.78 is 5.18. The first-order valence-electron chi connectivity index (χ1n) is 7.37. The molecule has 1 unspecified atom stereocenters. The van der Waals surface area contributed by atoms with E-state index >= 15 is 0 Å². The molecule has 1 saturated heterocycles. The summed E-state index contributed by atoms with van der Waals surface area (Å²) >= 11 is 0. The molecule has 106 valence electrons. The highest BCUT2D eigenvalue weighted by molar-refractivity contribution is 5.27. The van der Waals surface area contributed by atoms with E-state index in [1.165, 1.54) is 37.9 Å². The predicted molar refractivity (Wildman–Crippen MR) is 79.5 cm³/mol. The van der Waals surface area contributed by atoms with Crippen LogP contribution in [0.25, 0.3) is 0 Å². The number of hydrogen-bond acceptors (Lipinski definition) is 3. The highest BCUT2D eigenvalue weighted by atomic mass is 16.5. The molecule has 0 aliphatic carbocycles. The van der Waals surface area contributed by atoms with E-state index in [0.717, 1.165) is 31.2 Å². The Hall–Kier alpha value is -1.06. The fourth-order valence-corrected chi connectivity index (χ4v) is 2.91. The van der Waals surface area contributed by atoms with Crippen LogP contribution in [0.15, 0.2) is 24.3 Å². The molecule has 0 aromatic heterocycles. The van der Waals surface area contributed by atoms with E-state index in [-0.39, 0.29) is 0 Å². The molecular formula is C16H26N2O. The standard InChI is InChI=1S/C16H26N2O/c1-19-16-6-4-14(5-7-16)9-12-18-11-2-3-15(13-18)8-10-17/h4-7,15H,2-3,8-13,17H2,1H3. The Kier molecular flexibility index (Phi) is 5.67. The summed E-state index contributed by atoms with van der Waals surface area (Å²) in [6.45, 7) is 4.47. The third-order valence-electron chi connectivity index (χ3n) is 4.05. The molecular weight excluding hydrogens is 236 g/mol. The highest BCUT2D eigenvalue weighted by Gasteiger charge is 2.18. The summed E-state index contributed by atoms with van der Waals surface area (Å²) in [5.74, 6) is 1.75. The van der Waals surface area contributed by atoms with E-state index in [2.05, 4.69) is 17.0 Å². The van der Waals surface area contributed by atoms with Gasteiger partial charge in [0.15, 0.2) is 0 Å². The lowest BCUT2D eigenvalue weighted by molar-refractivity contribution is 0.172. The maximum atomic E-state index is 5.67. The molecule has 3 heteroatoms. The number of hydrogen-bond donors (Lipinski definition) is 1. The van der Waals surface area contributed by atoms with Crippen LogP contribution < -0.4 is 10.5 Å². The summed E-state index contributed by atoms with van der Waals surface area (Å²) in [5, 5.41) is 0. The van der Waals surface area contributed by atoms with Gasteiger partial charge in [0.2, 0.25) is 0 Å². The van der Waals surface area contributed by atoms with Crippen molar-refractivity contribution in [3.63, 3.8) is 0 Å². The zero-order chi connectivity index (χ0) is 13.5. The average molecular weight is 262 g/mol. The molecule has 1 aromatic rings. The molecule has 3 nitrogen and oxygen atoms in total. The van der Waals surface area contributed by atoms with Crippen LogP contribution in [0.4, 0.5) is 0 Å². The van der Waals surface area contributed by atoms with Crippen molar-refractivity contribution in [2.75, 3.05) is 33.3 Å². The molecule has 1 aliphatic heterocycles. The maximum absolute atomic E-state index is 5.67. The van der Waals surface area contributed by atoms with E-state index < -0.39 is 0 Å². The number of piperidine rings is 1. The largest absolute Gasteiger partial charge is 0.497 e. The zero-order valence-corrected chi connectivity index (χ0v) is 12.0. The Balaban J connectivity index is 1.77. The van der Waals surface area contributed by atoms with Gasteiger partial charge in [-0.15, -0.1) is 0 Å². The summed E-state index contributed by atoms with van der Waals surface area (Å²) in [6, 6.07) is 8.42. The molecule has 0 saturated carbocycles. The molecule has 0 bridgehead atoms. The van der Waals surface area contributed by atoms with Crippen molar-refractivity contribution in [3.8, 4) is 5.75 Å². The minimum atomic E-state index is 0.814. The molecule has 19 heavy (non-hydrogen) atoms. The Labute approximate surface area is 116 Å². The van der Waals surface area contributed by atoms with Crippen molar-refractivity contribution in [3.05, 3.63) is 29.8 Å². The number of ether oxygens (including phenoxy) is 1. The Morgan fingerprint density at radius 2 is 2.11 bits per heavy atom. The number of benzene rings is 1. The molecule has 1 atom stereocenters. The average Bonchev–Trinajstić information content (AvgIpc) is 2.46. The van der Waals surface area contributed by atoms with Gasteiger partial charge in [-0.3, -0.25) is 0 Å². The first kappa shape index (κ1) is 14.4. The Bertz CT molecular complexity index is 362. The molecule has 0 amide bonds. The van der Waals surface area contributed by atoms with Crippen LogP contribution in [0.3, 0.4) is 0 Å². The van der Waals surface area contributed by atoms with Gasteiger partial charge in [-0.2, -0.15) is 0 Å². The van der Waals surface area contributed by atoms with Gasteiger partial charge in [-0.25, -0.2) is 0 Å². The second kappa shape index (κ2) is 7.51. The summed E-state index contributed by atoms with van der Waals surface area (Å²) in [4.78, 5) is 2.59. The first-order valence-corrected chi connectivity index (χ1v) is 7.37. The summed E-state index contributed by atoms with van der Waals surface area (Å²) in [7, 11) is 1.71. The Morgan fingerprint density at radius 3 is 2.79 bits per heavy atom. The van der Waals surface area contributed by atoms with Crippen LogP contribution in [0.2, 0.25) is 0 Å². The lowest BCUT2D eigenvalue weighted by atomic mass is 9.94. The van der Waals surface area contributed by atoms with Crippen molar-refractivity contribution in [2.45, 2.75) is 25.7 Å². The van der Waals surface area contributed by atoms with E-state index in [0.29, 0.717) is 0 Å². The molecule has 0 spiro atoms. The maximum Gasteiger partial charge on any atom is 0.118 e. The van der Waals surface area contributed by atoms with Crippen molar-refractivity contribution in [1.29, 1.82) is 0 Å². The smallest absolute Gasteiger partial charge is 0.118 e. The lowest BCUT2D eigenvalue weighted by Crippen LogP contribution is -2.37. The third-order valence-corrected chi connectivity index (χ3v) is 4.05. The number of nitrogens with two attached hydrogens (primary N) is 1. The fourth-order valence-electron chi connectivity index (χ4n) is 2.91. The third kappa shape index (κ3) is 4.51. The molecule has 0 radical (unpaired) electrons. The van der Waals surface area contributed by atoms with Gasteiger partial charge in [0.05, 0.1) is 7.11 Å². The van der Waals surface area contributed by atoms with Crippen molar-refractivity contribution >= 4 is 0 Å². The second-order valence-electron chi connectivity index (χ2n) is 5.48. The first-order chi connectivity index (χ1) is 9.31. The SMILES string of the molecule is COc1ccc(CCN2CCCC(CCN)C2)cc1. The number of methoxy groups -OCH3 is 1. The van der Waals surface area contributed by atoms with Gasteiger partial charge in [0.1, 0.15) is 5.75 Å². The summed E-state index contributed by atoms with van der Waals surface area (Å²) in [6.07, 6.45) is 4.99. The normalized spacial score (nSPS) is 20.4. The summed E-state index contributed by atoms with van der Waals surface area (Å²) in [5.41, 5.74) is 7.06. The van der Waals surface area contributed by atoms with E-state index in [4.69, 9.17) is 10.5 Å². The van der Waals surface area contributed by atoms with Gasteiger partial charge in [0.25, 0.3) is 0 Å². The minimum Gasteiger partial charge on any atom is -0.497 e. The lowest BCUT2D eigenvalue weighted by Gasteiger charge is -2.32. The fraction of sp³-hybridized carbons (Fsp3) is 0.625. The second-order valence-corrected chi connectivity index (χ2v) is 5.48. The molecule has 2 rings (SSSR count). The van der Waals surface area contributed by atoms with Gasteiger partial charge in [-0.05, 0) is 62.4 Å². The minimum absolute atomic E-state index is 0.814. The molecule has 1 aromatic carbocycles. The van der Waals surface area contributed by atoms with Crippen LogP contribution in [0.5, 0.6) is 5.75 Å². The predicted octanol–water partition coefficient (Wildman–Crippen LogP) is 2.30. The molecule has 1 fully saturated rings. The van der Waals surface area contributed by atoms with Crippen LogP contribution in [-0.4, -0.2) is 38.2 Å². The Morgan fingerprint density at radius 1 is 1.32 bits per heavy atom. The number of nitrogens with zero attached hydrogens (tertiary/aromatic N) is 1. The topological polar surface area (TPSA) is 38.5 Å². The van der Waals surface area contributed by atoms with E-state index in [9.17, 15) is 0 Å². The molecule has 1 aliphatic rings. The van der Waals surface area contributed by atoms with Gasteiger partial charge < -0.3 is 15.4 Å². The highest BCUT2D eigenvalue weighted by Crippen LogP contribution is 2.19. The van der Waals surface area contributed by atoms with Crippen molar-refractivity contribution in [1.82, 2.24) is 4.90 Å². The van der Waals surface area contributed by atoms with Gasteiger partial charge >= 0.3 is 0 Å². The number of likely N-dealkylation sites (tertiary alicyclic amines) is 1. The molecule has 2 N–H and O–H groups in total. The van der Waals surface area contributed by atoms with Crippen molar-refractivity contribution < 1.29 is 4.74 Å². The van der Waals surface area contributed by atoms with Crippen LogP contribution in [0.1, 0.15) is 24.8 Å². The van der Waals surface area contributed by atoms with E-state index in [1.54, 1.807) is 7.11 Å². The zero-order valence-electron chi connectivity index (χ0n) is 12.0. The van der Waals surface area contributed by atoms with Crippen LogP contribution in [-0.2, 0) is 6.42 Å². The van der Waals surface area contributed by atoms with Gasteiger partial charge in [0, 0.05) is 13.1 Å². The van der Waals surface area contributed by atoms with Crippen molar-refractivity contribution in [2.24, 2.45) is 11.7 Å². The van der Waals surface area contributed by atoms with Crippen LogP contribution in [0, 0.1) is 5.92 Å². The van der Waals surface area contributed by atoms with Crippen LogP contribution >= 0.6 is 0 Å². The monoisotopic (exact) mass is 262 g/mol.